The summed E-state index contributed by atoms with van der Waals surface area (Å²) in [5.41, 5.74) is 3.61. The molecule has 124 valence electrons. The number of anilines is 2. The second kappa shape index (κ2) is 5.97. The maximum Gasteiger partial charge on any atom is 0.0944 e. The fraction of sp³-hybridized carbons (Fsp3) is 0. The number of fused-ring (bicyclic) bond motifs is 4. The van der Waals surface area contributed by atoms with Gasteiger partial charge >= 0.3 is 0 Å². The van der Waals surface area contributed by atoms with Crippen molar-refractivity contribution in [1.82, 2.24) is 9.97 Å². The first kappa shape index (κ1) is 15.1. The van der Waals surface area contributed by atoms with Gasteiger partial charge in [-0.05, 0) is 29.7 Å². The maximum atomic E-state index is 6.43. The molecule has 0 aliphatic rings. The Morgan fingerprint density at radius 2 is 1.54 bits per heavy atom. The Hall–Kier alpha value is -3.17. The van der Waals surface area contributed by atoms with E-state index in [0.717, 1.165) is 44.0 Å². The first-order valence-electron chi connectivity index (χ1n) is 8.37. The molecule has 2 aromatic heterocycles. The normalized spacial score (nSPS) is 11.3. The Morgan fingerprint density at radius 3 is 2.50 bits per heavy atom. The molecule has 0 amide bonds. The summed E-state index contributed by atoms with van der Waals surface area (Å²) in [6.45, 7) is 0. The summed E-state index contributed by atoms with van der Waals surface area (Å²) in [6.07, 6.45) is 3.70. The first-order chi connectivity index (χ1) is 12.8. The van der Waals surface area contributed by atoms with Gasteiger partial charge in [0.2, 0.25) is 0 Å². The van der Waals surface area contributed by atoms with Crippen LogP contribution in [0.3, 0.4) is 0 Å². The van der Waals surface area contributed by atoms with Crippen LogP contribution in [-0.2, 0) is 0 Å². The van der Waals surface area contributed by atoms with Gasteiger partial charge < -0.3 is 5.32 Å². The molecule has 0 unspecified atom stereocenters. The van der Waals surface area contributed by atoms with E-state index in [1.165, 1.54) is 0 Å². The monoisotopic (exact) mass is 355 g/mol. The number of aromatic nitrogens is 2. The van der Waals surface area contributed by atoms with E-state index in [1.54, 1.807) is 6.20 Å². The third-order valence-electron chi connectivity index (χ3n) is 4.56. The molecule has 0 aliphatic carbocycles. The van der Waals surface area contributed by atoms with E-state index in [1.807, 2.05) is 48.7 Å². The molecular weight excluding hydrogens is 342 g/mol. The van der Waals surface area contributed by atoms with Gasteiger partial charge in [0, 0.05) is 33.6 Å². The molecule has 0 atom stereocenters. The Labute approximate surface area is 155 Å². The molecule has 0 saturated carbocycles. The molecule has 1 N–H and O–H groups in total. The van der Waals surface area contributed by atoms with E-state index >= 15 is 0 Å². The predicted molar refractivity (Wildman–Crippen MR) is 109 cm³/mol. The molecule has 0 fully saturated rings. The summed E-state index contributed by atoms with van der Waals surface area (Å²) in [6, 6.07) is 22.2. The molecule has 3 nitrogen and oxygen atoms in total. The first-order valence-corrected chi connectivity index (χ1v) is 8.75. The van der Waals surface area contributed by atoms with Crippen LogP contribution >= 0.6 is 11.6 Å². The van der Waals surface area contributed by atoms with Crippen LogP contribution < -0.4 is 5.32 Å². The minimum absolute atomic E-state index is 0.673. The highest BCUT2D eigenvalue weighted by atomic mass is 35.5. The number of pyridine rings is 2. The third-order valence-corrected chi connectivity index (χ3v) is 4.78. The summed E-state index contributed by atoms with van der Waals surface area (Å²) >= 11 is 6.43. The van der Waals surface area contributed by atoms with Crippen molar-refractivity contribution in [3.05, 3.63) is 84.1 Å². The van der Waals surface area contributed by atoms with Crippen LogP contribution in [-0.4, -0.2) is 9.97 Å². The Bertz CT molecular complexity index is 1280. The van der Waals surface area contributed by atoms with E-state index in [-0.39, 0.29) is 0 Å². The largest absolute Gasteiger partial charge is 0.352 e. The highest BCUT2D eigenvalue weighted by Gasteiger charge is 2.10. The molecule has 0 saturated heterocycles. The van der Waals surface area contributed by atoms with Crippen LogP contribution in [0.15, 0.2) is 79.1 Å². The number of hydrogen-bond acceptors (Lipinski definition) is 3. The van der Waals surface area contributed by atoms with Crippen molar-refractivity contribution < 1.29 is 0 Å². The smallest absolute Gasteiger partial charge is 0.0944 e. The van der Waals surface area contributed by atoms with Crippen molar-refractivity contribution in [2.75, 3.05) is 5.32 Å². The van der Waals surface area contributed by atoms with Crippen LogP contribution in [0, 0.1) is 0 Å². The number of halogens is 1. The quantitative estimate of drug-likeness (QED) is 0.376. The van der Waals surface area contributed by atoms with Crippen LogP contribution in [0.5, 0.6) is 0 Å². The number of nitrogens with one attached hydrogen (secondary N) is 1. The van der Waals surface area contributed by atoms with Crippen LogP contribution in [0.1, 0.15) is 0 Å². The standard InChI is InChI=1S/C22H14ClN3/c23-16-11-18-17-8-2-1-5-15(17)13-25-22(18)20(12-16)26-19-9-3-6-14-7-4-10-24-21(14)19/h1-13,26H. The second-order valence-electron chi connectivity index (χ2n) is 6.20. The van der Waals surface area contributed by atoms with Gasteiger partial charge in [-0.2, -0.15) is 0 Å². The fourth-order valence-corrected chi connectivity index (χ4v) is 3.60. The van der Waals surface area contributed by atoms with Gasteiger partial charge in [-0.25, -0.2) is 0 Å². The average molecular weight is 356 g/mol. The van der Waals surface area contributed by atoms with Crippen LogP contribution in [0.25, 0.3) is 32.6 Å². The maximum absolute atomic E-state index is 6.43. The molecule has 2 heterocycles. The number of hydrogen-bond donors (Lipinski definition) is 1. The second-order valence-corrected chi connectivity index (χ2v) is 6.64. The van der Waals surface area contributed by atoms with Crippen molar-refractivity contribution in [3.63, 3.8) is 0 Å². The minimum atomic E-state index is 0.673. The predicted octanol–water partition coefficient (Wildman–Crippen LogP) is 6.33. The third kappa shape index (κ3) is 2.45. The molecule has 26 heavy (non-hydrogen) atoms. The summed E-state index contributed by atoms with van der Waals surface area (Å²) in [7, 11) is 0. The lowest BCUT2D eigenvalue weighted by molar-refractivity contribution is 1.40. The zero-order valence-electron chi connectivity index (χ0n) is 13.8. The molecule has 0 aliphatic heterocycles. The summed E-state index contributed by atoms with van der Waals surface area (Å²) < 4.78 is 0. The Balaban J connectivity index is 1.75. The van der Waals surface area contributed by atoms with Crippen molar-refractivity contribution >= 4 is 55.6 Å². The van der Waals surface area contributed by atoms with Crippen molar-refractivity contribution in [2.45, 2.75) is 0 Å². The summed E-state index contributed by atoms with van der Waals surface area (Å²) in [5, 5.41) is 8.51. The summed E-state index contributed by atoms with van der Waals surface area (Å²) in [5.74, 6) is 0. The van der Waals surface area contributed by atoms with E-state index in [2.05, 4.69) is 39.6 Å². The van der Waals surface area contributed by atoms with Crippen molar-refractivity contribution in [1.29, 1.82) is 0 Å². The van der Waals surface area contributed by atoms with E-state index in [4.69, 9.17) is 11.6 Å². The SMILES string of the molecule is Clc1cc(Nc2cccc3cccnc23)c2ncc3ccccc3c2c1. The van der Waals surface area contributed by atoms with Gasteiger partial charge in [-0.3, -0.25) is 9.97 Å². The summed E-state index contributed by atoms with van der Waals surface area (Å²) in [4.78, 5) is 9.20. The van der Waals surface area contributed by atoms with Crippen LogP contribution in [0.2, 0.25) is 5.02 Å². The molecule has 0 spiro atoms. The zero-order chi connectivity index (χ0) is 17.5. The van der Waals surface area contributed by atoms with Crippen LogP contribution in [0.4, 0.5) is 11.4 Å². The topological polar surface area (TPSA) is 37.8 Å². The molecule has 4 heteroatoms. The number of benzene rings is 3. The van der Waals surface area contributed by atoms with Gasteiger partial charge in [0.05, 0.1) is 22.4 Å². The fourth-order valence-electron chi connectivity index (χ4n) is 3.38. The van der Waals surface area contributed by atoms with E-state index in [0.29, 0.717) is 5.02 Å². The highest BCUT2D eigenvalue weighted by molar-refractivity contribution is 6.32. The molecular formula is C22H14ClN3. The number of para-hydroxylation sites is 1. The lowest BCUT2D eigenvalue weighted by atomic mass is 10.1. The van der Waals surface area contributed by atoms with E-state index < -0.39 is 0 Å². The molecule has 0 bridgehead atoms. The van der Waals surface area contributed by atoms with Gasteiger partial charge in [-0.1, -0.05) is 54.1 Å². The zero-order valence-corrected chi connectivity index (χ0v) is 14.5. The number of nitrogens with zero attached hydrogens (tertiary/aromatic N) is 2. The molecule has 3 aromatic carbocycles. The lowest BCUT2D eigenvalue weighted by Gasteiger charge is -2.13. The highest BCUT2D eigenvalue weighted by Crippen LogP contribution is 2.34. The average Bonchev–Trinajstić information content (AvgIpc) is 2.68. The lowest BCUT2D eigenvalue weighted by Crippen LogP contribution is -1.96. The van der Waals surface area contributed by atoms with E-state index in [9.17, 15) is 0 Å². The van der Waals surface area contributed by atoms with Gasteiger partial charge in [0.1, 0.15) is 0 Å². The minimum Gasteiger partial charge on any atom is -0.352 e. The van der Waals surface area contributed by atoms with Gasteiger partial charge in [-0.15, -0.1) is 0 Å². The molecule has 5 aromatic rings. The van der Waals surface area contributed by atoms with Crippen molar-refractivity contribution in [3.8, 4) is 0 Å². The van der Waals surface area contributed by atoms with Gasteiger partial charge in [0.15, 0.2) is 0 Å². The Kier molecular flexibility index (Phi) is 3.47. The number of rotatable bonds is 2. The Morgan fingerprint density at radius 1 is 0.692 bits per heavy atom. The van der Waals surface area contributed by atoms with Gasteiger partial charge in [0.25, 0.3) is 0 Å². The van der Waals surface area contributed by atoms with Crippen molar-refractivity contribution in [2.24, 2.45) is 0 Å². The molecule has 5 rings (SSSR count). The molecule has 0 radical (unpaired) electrons.